The Morgan fingerprint density at radius 1 is 1.24 bits per heavy atom. The van der Waals surface area contributed by atoms with E-state index in [9.17, 15) is 4.79 Å². The lowest BCUT2D eigenvalue weighted by atomic mass is 10.2. The average Bonchev–Trinajstić information content (AvgIpc) is 2.46. The highest BCUT2D eigenvalue weighted by molar-refractivity contribution is 9.10. The number of anilines is 1. The standard InChI is InChI=1S/C15H13BrN2O2S/c16-11-3-1-2-10(8-11)15(19)18-12-4-6-13(7-5-12)20-9-14(17)21/h1-8H,9H2,(H2,17,21)(H,18,19). The molecule has 0 radical (unpaired) electrons. The quantitative estimate of drug-likeness (QED) is 0.798. The van der Waals surface area contributed by atoms with Crippen LogP contribution in [-0.4, -0.2) is 17.5 Å². The fourth-order valence-electron chi connectivity index (χ4n) is 1.62. The fraction of sp³-hybridized carbons (Fsp3) is 0.0667. The number of rotatable bonds is 5. The van der Waals surface area contributed by atoms with Crippen molar-refractivity contribution in [3.63, 3.8) is 0 Å². The summed E-state index contributed by atoms with van der Waals surface area (Å²) in [5.74, 6) is 0.469. The monoisotopic (exact) mass is 364 g/mol. The molecular weight excluding hydrogens is 352 g/mol. The largest absolute Gasteiger partial charge is 0.487 e. The van der Waals surface area contributed by atoms with Crippen LogP contribution in [0, 0.1) is 0 Å². The molecule has 0 saturated heterocycles. The van der Waals surface area contributed by atoms with Crippen LogP contribution in [0.4, 0.5) is 5.69 Å². The van der Waals surface area contributed by atoms with Gasteiger partial charge in [0, 0.05) is 15.7 Å². The third-order valence-electron chi connectivity index (χ3n) is 2.58. The first-order valence-corrected chi connectivity index (χ1v) is 7.33. The Balaban J connectivity index is 2.00. The second kappa shape index (κ2) is 7.19. The molecule has 2 aromatic rings. The molecule has 0 aliphatic rings. The van der Waals surface area contributed by atoms with Crippen LogP contribution in [-0.2, 0) is 0 Å². The number of benzene rings is 2. The molecule has 108 valence electrons. The topological polar surface area (TPSA) is 64.3 Å². The molecule has 3 N–H and O–H groups in total. The number of carbonyl (C=O) groups excluding carboxylic acids is 1. The van der Waals surface area contributed by atoms with E-state index in [2.05, 4.69) is 21.2 Å². The Hall–Kier alpha value is -1.92. The van der Waals surface area contributed by atoms with Crippen molar-refractivity contribution in [1.29, 1.82) is 0 Å². The van der Waals surface area contributed by atoms with Crippen molar-refractivity contribution in [2.24, 2.45) is 5.73 Å². The predicted molar refractivity (Wildman–Crippen MR) is 90.8 cm³/mol. The van der Waals surface area contributed by atoms with Gasteiger partial charge in [0.1, 0.15) is 17.3 Å². The van der Waals surface area contributed by atoms with E-state index < -0.39 is 0 Å². The molecule has 0 heterocycles. The summed E-state index contributed by atoms with van der Waals surface area (Å²) in [6.45, 7) is 0.194. The first-order chi connectivity index (χ1) is 10.0. The van der Waals surface area contributed by atoms with Crippen LogP contribution >= 0.6 is 28.1 Å². The molecule has 2 rings (SSSR count). The van der Waals surface area contributed by atoms with Crippen LogP contribution in [0.15, 0.2) is 53.0 Å². The average molecular weight is 365 g/mol. The molecule has 6 heteroatoms. The van der Waals surface area contributed by atoms with Gasteiger partial charge in [0.05, 0.1) is 0 Å². The summed E-state index contributed by atoms with van der Waals surface area (Å²) < 4.78 is 6.20. The van der Waals surface area contributed by atoms with Gasteiger partial charge in [0.15, 0.2) is 0 Å². The first-order valence-electron chi connectivity index (χ1n) is 6.12. The number of hydrogen-bond acceptors (Lipinski definition) is 3. The van der Waals surface area contributed by atoms with E-state index in [1.807, 2.05) is 12.1 Å². The highest BCUT2D eigenvalue weighted by Gasteiger charge is 2.06. The molecule has 4 nitrogen and oxygen atoms in total. The summed E-state index contributed by atoms with van der Waals surface area (Å²) in [5.41, 5.74) is 6.62. The molecule has 0 spiro atoms. The molecule has 2 aromatic carbocycles. The third-order valence-corrected chi connectivity index (χ3v) is 3.19. The predicted octanol–water partition coefficient (Wildman–Crippen LogP) is 3.37. The molecule has 1 amide bonds. The minimum absolute atomic E-state index is 0.173. The van der Waals surface area contributed by atoms with Gasteiger partial charge in [0.2, 0.25) is 0 Å². The summed E-state index contributed by atoms with van der Waals surface area (Å²) in [7, 11) is 0. The van der Waals surface area contributed by atoms with Gasteiger partial charge >= 0.3 is 0 Å². The van der Waals surface area contributed by atoms with Gasteiger partial charge in [-0.15, -0.1) is 0 Å². The molecule has 0 atom stereocenters. The van der Waals surface area contributed by atoms with Crippen molar-refractivity contribution in [3.8, 4) is 5.75 Å². The maximum Gasteiger partial charge on any atom is 0.255 e. The molecule has 0 bridgehead atoms. The molecule has 0 aliphatic heterocycles. The second-order valence-electron chi connectivity index (χ2n) is 4.24. The first kappa shape index (κ1) is 15.5. The summed E-state index contributed by atoms with van der Waals surface area (Å²) in [4.78, 5) is 12.4. The van der Waals surface area contributed by atoms with Crippen molar-refractivity contribution in [2.75, 3.05) is 11.9 Å². The molecule has 21 heavy (non-hydrogen) atoms. The normalized spacial score (nSPS) is 9.95. The zero-order valence-corrected chi connectivity index (χ0v) is 13.4. The second-order valence-corrected chi connectivity index (χ2v) is 5.68. The fourth-order valence-corrected chi connectivity index (χ4v) is 2.08. The Bertz CT molecular complexity index is 659. The number of nitrogens with one attached hydrogen (secondary N) is 1. The Morgan fingerprint density at radius 2 is 1.95 bits per heavy atom. The number of thiocarbonyl (C=S) groups is 1. The molecule has 0 fully saturated rings. The number of carbonyl (C=O) groups is 1. The Kier molecular flexibility index (Phi) is 5.30. The summed E-state index contributed by atoms with van der Waals surface area (Å²) in [6, 6.07) is 14.2. The number of amides is 1. The van der Waals surface area contributed by atoms with Gasteiger partial charge in [-0.05, 0) is 42.5 Å². The maximum atomic E-state index is 12.1. The van der Waals surface area contributed by atoms with Gasteiger partial charge in [-0.25, -0.2) is 0 Å². The SMILES string of the molecule is NC(=S)COc1ccc(NC(=O)c2cccc(Br)c2)cc1. The molecule has 0 aliphatic carbocycles. The minimum atomic E-state index is -0.173. The lowest BCUT2D eigenvalue weighted by Crippen LogP contribution is -2.17. The lowest BCUT2D eigenvalue weighted by molar-refractivity contribution is 0.102. The third kappa shape index (κ3) is 4.84. The van der Waals surface area contributed by atoms with Gasteiger partial charge in [0.25, 0.3) is 5.91 Å². The van der Waals surface area contributed by atoms with Gasteiger partial charge in [-0.3, -0.25) is 4.79 Å². The van der Waals surface area contributed by atoms with E-state index in [4.69, 9.17) is 22.7 Å². The van der Waals surface area contributed by atoms with Crippen LogP contribution in [0.2, 0.25) is 0 Å². The van der Waals surface area contributed by atoms with Crippen molar-refractivity contribution in [2.45, 2.75) is 0 Å². The van der Waals surface area contributed by atoms with Gasteiger partial charge in [-0.2, -0.15) is 0 Å². The number of ether oxygens (including phenoxy) is 1. The zero-order chi connectivity index (χ0) is 15.2. The van der Waals surface area contributed by atoms with E-state index in [1.165, 1.54) is 0 Å². The number of halogens is 1. The van der Waals surface area contributed by atoms with E-state index >= 15 is 0 Å². The van der Waals surface area contributed by atoms with Crippen LogP contribution in [0.5, 0.6) is 5.75 Å². The molecule has 0 unspecified atom stereocenters. The highest BCUT2D eigenvalue weighted by Crippen LogP contribution is 2.17. The lowest BCUT2D eigenvalue weighted by Gasteiger charge is -2.08. The Labute approximate surface area is 136 Å². The van der Waals surface area contributed by atoms with Gasteiger partial charge in [-0.1, -0.05) is 34.2 Å². The van der Waals surface area contributed by atoms with E-state index in [0.717, 1.165) is 4.47 Å². The van der Waals surface area contributed by atoms with Crippen LogP contribution in [0.1, 0.15) is 10.4 Å². The summed E-state index contributed by atoms with van der Waals surface area (Å²) in [5, 5.41) is 2.81. The van der Waals surface area contributed by atoms with Crippen LogP contribution in [0.25, 0.3) is 0 Å². The van der Waals surface area contributed by atoms with Crippen molar-refractivity contribution >= 4 is 44.7 Å². The number of nitrogens with two attached hydrogens (primary N) is 1. The maximum absolute atomic E-state index is 12.1. The Morgan fingerprint density at radius 3 is 2.57 bits per heavy atom. The molecular formula is C15H13BrN2O2S. The minimum Gasteiger partial charge on any atom is -0.487 e. The van der Waals surface area contributed by atoms with E-state index in [0.29, 0.717) is 22.0 Å². The van der Waals surface area contributed by atoms with Crippen molar-refractivity contribution < 1.29 is 9.53 Å². The van der Waals surface area contributed by atoms with E-state index in [-0.39, 0.29) is 12.5 Å². The smallest absolute Gasteiger partial charge is 0.255 e. The summed E-state index contributed by atoms with van der Waals surface area (Å²) >= 11 is 8.07. The van der Waals surface area contributed by atoms with Gasteiger partial charge < -0.3 is 15.8 Å². The van der Waals surface area contributed by atoms with Crippen LogP contribution < -0.4 is 15.8 Å². The van der Waals surface area contributed by atoms with Crippen molar-refractivity contribution in [1.82, 2.24) is 0 Å². The summed E-state index contributed by atoms with van der Waals surface area (Å²) in [6.07, 6.45) is 0. The zero-order valence-electron chi connectivity index (χ0n) is 11.0. The highest BCUT2D eigenvalue weighted by atomic mass is 79.9. The molecule has 0 saturated carbocycles. The van der Waals surface area contributed by atoms with Crippen LogP contribution in [0.3, 0.4) is 0 Å². The van der Waals surface area contributed by atoms with Crippen molar-refractivity contribution in [3.05, 3.63) is 58.6 Å². The number of hydrogen-bond donors (Lipinski definition) is 2. The molecule has 0 aromatic heterocycles. The van der Waals surface area contributed by atoms with E-state index in [1.54, 1.807) is 36.4 Å².